The molecular weight excluding hydrogens is 458 g/mol. The summed E-state index contributed by atoms with van der Waals surface area (Å²) in [6.07, 6.45) is 5.04. The molecule has 2 aromatic carbocycles. The fourth-order valence-electron chi connectivity index (χ4n) is 5.95. The summed E-state index contributed by atoms with van der Waals surface area (Å²) < 4.78 is 0. The average molecular weight is 484 g/mol. The van der Waals surface area contributed by atoms with Crippen LogP contribution in [0.15, 0.2) is 72.1 Å². The van der Waals surface area contributed by atoms with Gasteiger partial charge < -0.3 is 5.32 Å². The van der Waals surface area contributed by atoms with Crippen molar-refractivity contribution < 1.29 is 14.4 Å². The molecule has 2 bridgehead atoms. The number of carbonyl (C=O) groups is 3. The second-order valence-electron chi connectivity index (χ2n) is 9.57. The van der Waals surface area contributed by atoms with Crippen LogP contribution in [0.25, 0.3) is 11.3 Å². The Labute approximate surface area is 207 Å². The predicted molar refractivity (Wildman–Crippen MR) is 134 cm³/mol. The van der Waals surface area contributed by atoms with Crippen LogP contribution in [0.2, 0.25) is 0 Å². The van der Waals surface area contributed by atoms with Crippen molar-refractivity contribution in [3.05, 3.63) is 83.3 Å². The van der Waals surface area contributed by atoms with Crippen molar-refractivity contribution in [2.45, 2.75) is 25.8 Å². The van der Waals surface area contributed by atoms with Gasteiger partial charge in [0, 0.05) is 10.9 Å². The SMILES string of the molecule is Cc1ccccc1C(CC(=O)Nc1nc(-c2ccccc2)cs1)N1C(=O)C2C3C=CC(C3)C2C1=O. The number of nitrogens with one attached hydrogen (secondary N) is 1. The van der Waals surface area contributed by atoms with Crippen LogP contribution in [0, 0.1) is 30.6 Å². The third kappa shape index (κ3) is 3.71. The lowest BCUT2D eigenvalue weighted by Gasteiger charge is -2.29. The number of imide groups is 1. The summed E-state index contributed by atoms with van der Waals surface area (Å²) in [4.78, 5) is 46.2. The summed E-state index contributed by atoms with van der Waals surface area (Å²) in [5.41, 5.74) is 3.55. The van der Waals surface area contributed by atoms with E-state index in [-0.39, 0.29) is 47.8 Å². The van der Waals surface area contributed by atoms with Gasteiger partial charge in [0.25, 0.3) is 0 Å². The number of carbonyl (C=O) groups excluding carboxylic acids is 3. The summed E-state index contributed by atoms with van der Waals surface area (Å²) in [6.45, 7) is 1.95. The number of amides is 3. The maximum atomic E-state index is 13.5. The number of aromatic nitrogens is 1. The molecule has 5 unspecified atom stereocenters. The quantitative estimate of drug-likeness (QED) is 0.396. The Morgan fingerprint density at radius 3 is 2.37 bits per heavy atom. The van der Waals surface area contributed by atoms with Crippen molar-refractivity contribution in [2.75, 3.05) is 5.32 Å². The smallest absolute Gasteiger partial charge is 0.234 e. The van der Waals surface area contributed by atoms with Gasteiger partial charge in [-0.1, -0.05) is 66.7 Å². The molecule has 1 aliphatic heterocycles. The van der Waals surface area contributed by atoms with Crippen molar-refractivity contribution in [1.29, 1.82) is 0 Å². The molecule has 176 valence electrons. The minimum absolute atomic E-state index is 0.00914. The van der Waals surface area contributed by atoms with Gasteiger partial charge >= 0.3 is 0 Å². The Morgan fingerprint density at radius 1 is 1.03 bits per heavy atom. The van der Waals surface area contributed by atoms with Gasteiger partial charge in [-0.2, -0.15) is 0 Å². The van der Waals surface area contributed by atoms with Crippen molar-refractivity contribution >= 4 is 34.2 Å². The lowest BCUT2D eigenvalue weighted by molar-refractivity contribution is -0.144. The lowest BCUT2D eigenvalue weighted by atomic mass is 9.85. The van der Waals surface area contributed by atoms with Gasteiger partial charge in [-0.3, -0.25) is 19.3 Å². The lowest BCUT2D eigenvalue weighted by Crippen LogP contribution is -2.38. The van der Waals surface area contributed by atoms with Gasteiger partial charge in [0.15, 0.2) is 5.13 Å². The first-order chi connectivity index (χ1) is 17.0. The molecule has 6 nitrogen and oxygen atoms in total. The monoisotopic (exact) mass is 483 g/mol. The molecule has 0 spiro atoms. The highest BCUT2D eigenvalue weighted by Crippen LogP contribution is 2.54. The first-order valence-electron chi connectivity index (χ1n) is 11.9. The zero-order valence-electron chi connectivity index (χ0n) is 19.3. The summed E-state index contributed by atoms with van der Waals surface area (Å²) in [5, 5.41) is 5.29. The van der Waals surface area contributed by atoms with Crippen LogP contribution in [-0.4, -0.2) is 27.6 Å². The molecule has 1 saturated heterocycles. The highest BCUT2D eigenvalue weighted by Gasteiger charge is 2.60. The molecule has 2 aliphatic carbocycles. The number of allylic oxidation sites excluding steroid dienone is 2. The van der Waals surface area contributed by atoms with Crippen molar-refractivity contribution in [1.82, 2.24) is 9.88 Å². The second-order valence-corrected chi connectivity index (χ2v) is 10.4. The molecule has 1 N–H and O–H groups in total. The van der Waals surface area contributed by atoms with E-state index in [4.69, 9.17) is 0 Å². The van der Waals surface area contributed by atoms with E-state index in [1.165, 1.54) is 16.2 Å². The van der Waals surface area contributed by atoms with E-state index >= 15 is 0 Å². The average Bonchev–Trinajstić information content (AvgIpc) is 3.64. The second kappa shape index (κ2) is 8.57. The minimum Gasteiger partial charge on any atom is -0.302 e. The molecule has 3 aromatic rings. The molecule has 7 heteroatoms. The molecule has 2 fully saturated rings. The summed E-state index contributed by atoms with van der Waals surface area (Å²) in [6, 6.07) is 16.8. The van der Waals surface area contributed by atoms with E-state index in [1.807, 2.05) is 66.9 Å². The number of hydrogen-bond donors (Lipinski definition) is 1. The van der Waals surface area contributed by atoms with Crippen LogP contribution >= 0.6 is 11.3 Å². The number of likely N-dealkylation sites (tertiary alicyclic amines) is 1. The molecule has 2 heterocycles. The van der Waals surface area contributed by atoms with Gasteiger partial charge in [0.1, 0.15) is 0 Å². The zero-order chi connectivity index (χ0) is 24.1. The third-order valence-electron chi connectivity index (χ3n) is 7.56. The molecule has 3 amide bonds. The van der Waals surface area contributed by atoms with Crippen LogP contribution in [0.3, 0.4) is 0 Å². The number of nitrogens with zero attached hydrogens (tertiary/aromatic N) is 2. The van der Waals surface area contributed by atoms with Crippen LogP contribution in [0.4, 0.5) is 5.13 Å². The van der Waals surface area contributed by atoms with Crippen LogP contribution < -0.4 is 5.32 Å². The Kier molecular flexibility index (Phi) is 5.37. The van der Waals surface area contributed by atoms with Crippen molar-refractivity contribution in [3.63, 3.8) is 0 Å². The number of fused-ring (bicyclic) bond motifs is 5. The molecule has 1 aromatic heterocycles. The highest BCUT2D eigenvalue weighted by atomic mass is 32.1. The fourth-order valence-corrected chi connectivity index (χ4v) is 6.69. The van der Waals surface area contributed by atoms with E-state index < -0.39 is 6.04 Å². The number of aryl methyl sites for hydroxylation is 1. The van der Waals surface area contributed by atoms with E-state index in [1.54, 1.807) is 0 Å². The van der Waals surface area contributed by atoms with Crippen LogP contribution in [0.1, 0.15) is 30.0 Å². The van der Waals surface area contributed by atoms with Crippen molar-refractivity contribution in [2.24, 2.45) is 23.7 Å². The van der Waals surface area contributed by atoms with Gasteiger partial charge in [0.05, 0.1) is 30.0 Å². The number of benzene rings is 2. The molecular formula is C28H25N3O3S. The Hall–Kier alpha value is -3.58. The van der Waals surface area contributed by atoms with Crippen LogP contribution in [-0.2, 0) is 14.4 Å². The van der Waals surface area contributed by atoms with Gasteiger partial charge in [-0.05, 0) is 36.3 Å². The molecule has 5 atom stereocenters. The van der Waals surface area contributed by atoms with E-state index in [0.717, 1.165) is 28.8 Å². The maximum absolute atomic E-state index is 13.5. The molecule has 0 radical (unpaired) electrons. The molecule has 1 saturated carbocycles. The standard InChI is InChI=1S/C28H25N3O3S/c1-16-7-5-6-10-20(16)22(31-26(33)24-18-11-12-19(13-18)25(24)27(31)34)14-23(32)30-28-29-21(15-35-28)17-8-3-2-4-9-17/h2-12,15,18-19,22,24-25H,13-14H2,1H3,(H,29,30,32). The summed E-state index contributed by atoms with van der Waals surface area (Å²) >= 11 is 1.36. The largest absolute Gasteiger partial charge is 0.302 e. The van der Waals surface area contributed by atoms with Gasteiger partial charge in [0.2, 0.25) is 17.7 Å². The number of hydrogen-bond acceptors (Lipinski definition) is 5. The first-order valence-corrected chi connectivity index (χ1v) is 12.8. The maximum Gasteiger partial charge on any atom is 0.234 e. The predicted octanol–water partition coefficient (Wildman–Crippen LogP) is 5.00. The number of rotatable bonds is 6. The highest BCUT2D eigenvalue weighted by molar-refractivity contribution is 7.14. The number of thiazole rings is 1. The first kappa shape index (κ1) is 21.9. The minimum atomic E-state index is -0.644. The van der Waals surface area contributed by atoms with E-state index in [9.17, 15) is 14.4 Å². The molecule has 6 rings (SSSR count). The Morgan fingerprint density at radius 2 is 1.69 bits per heavy atom. The molecule has 3 aliphatic rings. The van der Waals surface area contributed by atoms with Crippen molar-refractivity contribution in [3.8, 4) is 11.3 Å². The van der Waals surface area contributed by atoms with E-state index in [2.05, 4.69) is 22.5 Å². The van der Waals surface area contributed by atoms with E-state index in [0.29, 0.717) is 5.13 Å². The Balaban J connectivity index is 1.26. The number of anilines is 1. The van der Waals surface area contributed by atoms with Gasteiger partial charge in [-0.25, -0.2) is 4.98 Å². The Bertz CT molecular complexity index is 1320. The summed E-state index contributed by atoms with van der Waals surface area (Å²) in [5.74, 6) is -0.879. The van der Waals surface area contributed by atoms with Gasteiger partial charge in [-0.15, -0.1) is 11.3 Å². The van der Waals surface area contributed by atoms with Crippen LogP contribution in [0.5, 0.6) is 0 Å². The zero-order valence-corrected chi connectivity index (χ0v) is 20.1. The molecule has 35 heavy (non-hydrogen) atoms. The fraction of sp³-hybridized carbons (Fsp3) is 0.286. The summed E-state index contributed by atoms with van der Waals surface area (Å²) in [7, 11) is 0. The topological polar surface area (TPSA) is 79.4 Å². The normalized spacial score (nSPS) is 25.2. The third-order valence-corrected chi connectivity index (χ3v) is 8.32.